The second kappa shape index (κ2) is 9.88. The van der Waals surface area contributed by atoms with Gasteiger partial charge in [-0.25, -0.2) is 0 Å². The van der Waals surface area contributed by atoms with Gasteiger partial charge in [-0.1, -0.05) is 26.2 Å². The average molecular weight is 398 g/mol. The highest BCUT2D eigenvalue weighted by Gasteiger charge is 2.13. The summed E-state index contributed by atoms with van der Waals surface area (Å²) in [4.78, 5) is 0. The Morgan fingerprint density at radius 3 is 2.87 bits per heavy atom. The zero-order valence-electron chi connectivity index (χ0n) is 13.5. The summed E-state index contributed by atoms with van der Waals surface area (Å²) in [6.07, 6.45) is 9.03. The summed E-state index contributed by atoms with van der Waals surface area (Å²) in [5.41, 5.74) is 3.87. The topological polar surface area (TPSA) is 45.6 Å². The van der Waals surface area contributed by atoms with E-state index >= 15 is 0 Å². The van der Waals surface area contributed by atoms with Crippen molar-refractivity contribution in [2.45, 2.75) is 51.5 Å². The van der Waals surface area contributed by atoms with E-state index in [-0.39, 0.29) is 0 Å². The fourth-order valence-electron chi connectivity index (χ4n) is 2.56. The standard InChI is InChI=1S/C17H24BrN3OS/c1-2-10-22-16-9-8-13(11-15(16)18)12-19-21-17(23)20-14-6-4-3-5-7-14/h8-9,11-12,14H,2-7,10H2,1H3,(H2,20,21,23)/b19-12-. The maximum absolute atomic E-state index is 5.63. The van der Waals surface area contributed by atoms with Crippen LogP contribution in [0, 0.1) is 0 Å². The minimum Gasteiger partial charge on any atom is -0.492 e. The van der Waals surface area contributed by atoms with Gasteiger partial charge in [0.25, 0.3) is 0 Å². The maximum atomic E-state index is 5.63. The Balaban J connectivity index is 1.80. The number of nitrogens with zero attached hydrogens (tertiary/aromatic N) is 1. The van der Waals surface area contributed by atoms with E-state index in [0.717, 1.165) is 22.2 Å². The Bertz CT molecular complexity index is 545. The van der Waals surface area contributed by atoms with Crippen LogP contribution >= 0.6 is 28.1 Å². The molecule has 2 N–H and O–H groups in total. The number of ether oxygens (including phenoxy) is 1. The molecule has 0 unspecified atom stereocenters. The SMILES string of the molecule is CCCOc1ccc(/C=N\NC(=S)NC2CCCCC2)cc1Br. The van der Waals surface area contributed by atoms with Crippen molar-refractivity contribution in [2.24, 2.45) is 5.10 Å². The Morgan fingerprint density at radius 1 is 1.39 bits per heavy atom. The van der Waals surface area contributed by atoms with Gasteiger partial charge in [0.2, 0.25) is 0 Å². The Hall–Kier alpha value is -1.14. The predicted molar refractivity (Wildman–Crippen MR) is 103 cm³/mol. The molecule has 1 fully saturated rings. The van der Waals surface area contributed by atoms with Gasteiger partial charge in [0.15, 0.2) is 5.11 Å². The molecule has 1 aromatic carbocycles. The molecular weight excluding hydrogens is 374 g/mol. The van der Waals surface area contributed by atoms with Gasteiger partial charge in [-0.05, 0) is 71.2 Å². The number of thiocarbonyl (C=S) groups is 1. The van der Waals surface area contributed by atoms with E-state index in [2.05, 4.69) is 38.7 Å². The molecule has 23 heavy (non-hydrogen) atoms. The first-order valence-electron chi connectivity index (χ1n) is 8.21. The molecule has 0 heterocycles. The normalized spacial score (nSPS) is 15.6. The maximum Gasteiger partial charge on any atom is 0.187 e. The molecule has 0 bridgehead atoms. The van der Waals surface area contributed by atoms with Crippen LogP contribution in [0.4, 0.5) is 0 Å². The van der Waals surface area contributed by atoms with Crippen molar-refractivity contribution in [3.63, 3.8) is 0 Å². The molecular formula is C17H24BrN3OS. The molecule has 6 heteroatoms. The number of nitrogens with one attached hydrogen (secondary N) is 2. The van der Waals surface area contributed by atoms with Crippen LogP contribution < -0.4 is 15.5 Å². The third-order valence-electron chi connectivity index (χ3n) is 3.74. The Morgan fingerprint density at radius 2 is 2.17 bits per heavy atom. The molecule has 0 amide bonds. The lowest BCUT2D eigenvalue weighted by Crippen LogP contribution is -2.40. The van der Waals surface area contributed by atoms with Gasteiger partial charge in [0.05, 0.1) is 17.3 Å². The van der Waals surface area contributed by atoms with Crippen LogP contribution in [0.25, 0.3) is 0 Å². The summed E-state index contributed by atoms with van der Waals surface area (Å²) in [7, 11) is 0. The Labute approximate surface area is 152 Å². The van der Waals surface area contributed by atoms with E-state index in [4.69, 9.17) is 17.0 Å². The average Bonchev–Trinajstić information content (AvgIpc) is 2.55. The number of hydrogen-bond acceptors (Lipinski definition) is 3. The first-order valence-corrected chi connectivity index (χ1v) is 9.41. The summed E-state index contributed by atoms with van der Waals surface area (Å²) in [5, 5.41) is 8.12. The predicted octanol–water partition coefficient (Wildman–Crippen LogP) is 4.37. The van der Waals surface area contributed by atoms with Crippen molar-refractivity contribution in [1.29, 1.82) is 0 Å². The summed E-state index contributed by atoms with van der Waals surface area (Å²) in [6.45, 7) is 2.81. The van der Waals surface area contributed by atoms with Crippen molar-refractivity contribution in [3.05, 3.63) is 28.2 Å². The van der Waals surface area contributed by atoms with E-state index in [0.29, 0.717) is 17.8 Å². The van der Waals surface area contributed by atoms with E-state index < -0.39 is 0 Å². The van der Waals surface area contributed by atoms with E-state index in [1.807, 2.05) is 18.2 Å². The van der Waals surface area contributed by atoms with Gasteiger partial charge in [0, 0.05) is 6.04 Å². The molecule has 1 aliphatic carbocycles. The lowest BCUT2D eigenvalue weighted by atomic mass is 9.96. The fourth-order valence-corrected chi connectivity index (χ4v) is 3.29. The Kier molecular flexibility index (Phi) is 7.82. The van der Waals surface area contributed by atoms with Gasteiger partial charge < -0.3 is 10.1 Å². The molecule has 0 aliphatic heterocycles. The summed E-state index contributed by atoms with van der Waals surface area (Å²) < 4.78 is 6.56. The van der Waals surface area contributed by atoms with Crippen molar-refractivity contribution in [3.8, 4) is 5.75 Å². The monoisotopic (exact) mass is 397 g/mol. The van der Waals surface area contributed by atoms with Crippen LogP contribution in [0.2, 0.25) is 0 Å². The van der Waals surface area contributed by atoms with Crippen molar-refractivity contribution in [1.82, 2.24) is 10.7 Å². The third-order valence-corrected chi connectivity index (χ3v) is 4.57. The number of hydrazone groups is 1. The number of hydrogen-bond donors (Lipinski definition) is 2. The molecule has 0 saturated heterocycles. The zero-order chi connectivity index (χ0) is 16.5. The molecule has 0 spiro atoms. The molecule has 1 aliphatic rings. The second-order valence-electron chi connectivity index (χ2n) is 5.72. The summed E-state index contributed by atoms with van der Waals surface area (Å²) >= 11 is 8.80. The van der Waals surface area contributed by atoms with E-state index in [1.54, 1.807) is 6.21 Å². The smallest absolute Gasteiger partial charge is 0.187 e. The van der Waals surface area contributed by atoms with Crippen LogP contribution in [0.1, 0.15) is 51.0 Å². The van der Waals surface area contributed by atoms with Crippen LogP contribution in [-0.2, 0) is 0 Å². The van der Waals surface area contributed by atoms with Crippen LogP contribution in [0.5, 0.6) is 5.75 Å². The van der Waals surface area contributed by atoms with Crippen molar-refractivity contribution in [2.75, 3.05) is 6.61 Å². The minimum atomic E-state index is 0.489. The van der Waals surface area contributed by atoms with Gasteiger partial charge in [-0.2, -0.15) is 5.10 Å². The highest BCUT2D eigenvalue weighted by molar-refractivity contribution is 9.10. The second-order valence-corrected chi connectivity index (χ2v) is 6.98. The molecule has 0 atom stereocenters. The fraction of sp³-hybridized carbons (Fsp3) is 0.529. The highest BCUT2D eigenvalue weighted by Crippen LogP contribution is 2.25. The summed E-state index contributed by atoms with van der Waals surface area (Å²) in [6, 6.07) is 6.38. The van der Waals surface area contributed by atoms with Gasteiger partial charge in [-0.15, -0.1) is 0 Å². The van der Waals surface area contributed by atoms with Crippen molar-refractivity contribution < 1.29 is 4.74 Å². The first kappa shape index (κ1) is 18.2. The number of benzene rings is 1. The molecule has 2 rings (SSSR count). The lowest BCUT2D eigenvalue weighted by molar-refractivity contribution is 0.315. The molecule has 4 nitrogen and oxygen atoms in total. The zero-order valence-corrected chi connectivity index (χ0v) is 15.9. The van der Waals surface area contributed by atoms with Crippen molar-refractivity contribution >= 4 is 39.5 Å². The highest BCUT2D eigenvalue weighted by atomic mass is 79.9. The van der Waals surface area contributed by atoms with Crippen LogP contribution in [0.3, 0.4) is 0 Å². The largest absolute Gasteiger partial charge is 0.492 e. The quantitative estimate of drug-likeness (QED) is 0.425. The molecule has 126 valence electrons. The molecule has 1 aromatic rings. The number of halogens is 1. The van der Waals surface area contributed by atoms with Gasteiger partial charge in [0.1, 0.15) is 5.75 Å². The van der Waals surface area contributed by atoms with E-state index in [1.165, 1.54) is 32.1 Å². The lowest BCUT2D eigenvalue weighted by Gasteiger charge is -2.23. The minimum absolute atomic E-state index is 0.489. The summed E-state index contributed by atoms with van der Waals surface area (Å²) in [5.74, 6) is 0.853. The third kappa shape index (κ3) is 6.47. The molecule has 0 radical (unpaired) electrons. The van der Waals surface area contributed by atoms with Gasteiger partial charge in [-0.3, -0.25) is 5.43 Å². The molecule has 0 aromatic heterocycles. The number of rotatable bonds is 6. The van der Waals surface area contributed by atoms with Gasteiger partial charge >= 0.3 is 0 Å². The van der Waals surface area contributed by atoms with E-state index in [9.17, 15) is 0 Å². The molecule has 1 saturated carbocycles. The van der Waals surface area contributed by atoms with Crippen LogP contribution in [0.15, 0.2) is 27.8 Å². The van der Waals surface area contributed by atoms with Crippen LogP contribution in [-0.4, -0.2) is 24.0 Å². The first-order chi connectivity index (χ1) is 11.2.